The van der Waals surface area contributed by atoms with Gasteiger partial charge in [-0.2, -0.15) is 0 Å². The van der Waals surface area contributed by atoms with Crippen LogP contribution in [0.4, 0.5) is 0 Å². The molecule has 0 aromatic rings. The Kier molecular flexibility index (Phi) is 23.8. The lowest BCUT2D eigenvalue weighted by atomic mass is 10.1. The Labute approximate surface area is 173 Å². The maximum absolute atomic E-state index is 6.07. The minimum atomic E-state index is 0.0326. The van der Waals surface area contributed by atoms with E-state index in [0.29, 0.717) is 0 Å². The van der Waals surface area contributed by atoms with Crippen LogP contribution in [0.1, 0.15) is 123 Å². The number of halogens is 1. The predicted octanol–water partition coefficient (Wildman–Crippen LogP) is 8.41. The standard InChI is InChI=1S/C23H47BrO2/c1-3-5-7-9-13-17-21-25-23(19-15-11-12-16-20-24)26-22-18-14-10-8-6-4-2/h23H,3-22H2,1-2H3. The van der Waals surface area contributed by atoms with Crippen LogP contribution in [0.15, 0.2) is 0 Å². The monoisotopic (exact) mass is 434 g/mol. The molecule has 0 bridgehead atoms. The van der Waals surface area contributed by atoms with Gasteiger partial charge in [-0.3, -0.25) is 0 Å². The van der Waals surface area contributed by atoms with Crippen LogP contribution in [0.3, 0.4) is 0 Å². The van der Waals surface area contributed by atoms with Gasteiger partial charge in [-0.05, 0) is 32.1 Å². The molecule has 26 heavy (non-hydrogen) atoms. The van der Waals surface area contributed by atoms with Crippen LogP contribution in [0.5, 0.6) is 0 Å². The zero-order chi connectivity index (χ0) is 19.1. The van der Waals surface area contributed by atoms with Crippen molar-refractivity contribution in [3.8, 4) is 0 Å². The highest BCUT2D eigenvalue weighted by molar-refractivity contribution is 9.09. The molecule has 0 aromatic carbocycles. The van der Waals surface area contributed by atoms with Crippen molar-refractivity contribution in [2.75, 3.05) is 18.5 Å². The number of unbranched alkanes of at least 4 members (excludes halogenated alkanes) is 13. The fraction of sp³-hybridized carbons (Fsp3) is 1.00. The van der Waals surface area contributed by atoms with Gasteiger partial charge in [0.1, 0.15) is 0 Å². The van der Waals surface area contributed by atoms with E-state index < -0.39 is 0 Å². The minimum absolute atomic E-state index is 0.0326. The second kappa shape index (κ2) is 23.4. The molecule has 158 valence electrons. The number of hydrogen-bond acceptors (Lipinski definition) is 2. The second-order valence-corrected chi connectivity index (χ2v) is 8.39. The van der Waals surface area contributed by atoms with Crippen molar-refractivity contribution in [1.29, 1.82) is 0 Å². The summed E-state index contributed by atoms with van der Waals surface area (Å²) in [4.78, 5) is 0. The third kappa shape index (κ3) is 20.7. The average Bonchev–Trinajstić information content (AvgIpc) is 2.65. The van der Waals surface area contributed by atoms with Crippen LogP contribution in [-0.4, -0.2) is 24.8 Å². The Morgan fingerprint density at radius 3 is 1.46 bits per heavy atom. The molecule has 0 aliphatic carbocycles. The van der Waals surface area contributed by atoms with Gasteiger partial charge in [0.25, 0.3) is 0 Å². The Balaban J connectivity index is 3.75. The summed E-state index contributed by atoms with van der Waals surface area (Å²) in [6.45, 7) is 6.28. The number of alkyl halides is 1. The molecule has 0 aliphatic heterocycles. The van der Waals surface area contributed by atoms with Crippen LogP contribution in [0.2, 0.25) is 0 Å². The summed E-state index contributed by atoms with van der Waals surface area (Å²) in [7, 11) is 0. The lowest BCUT2D eigenvalue weighted by molar-refractivity contribution is -0.148. The van der Waals surface area contributed by atoms with Crippen LogP contribution in [0, 0.1) is 0 Å². The van der Waals surface area contributed by atoms with Crippen molar-refractivity contribution in [3.05, 3.63) is 0 Å². The molecular weight excluding hydrogens is 388 g/mol. The van der Waals surface area contributed by atoms with E-state index in [1.807, 2.05) is 0 Å². The highest BCUT2D eigenvalue weighted by Crippen LogP contribution is 2.13. The maximum atomic E-state index is 6.07. The summed E-state index contributed by atoms with van der Waals surface area (Å²) in [5.41, 5.74) is 0. The average molecular weight is 436 g/mol. The van der Waals surface area contributed by atoms with Gasteiger partial charge in [0, 0.05) is 18.5 Å². The normalized spacial score (nSPS) is 11.5. The summed E-state index contributed by atoms with van der Waals surface area (Å²) in [5.74, 6) is 0. The lowest BCUT2D eigenvalue weighted by Crippen LogP contribution is -2.19. The van der Waals surface area contributed by atoms with Crippen molar-refractivity contribution in [2.24, 2.45) is 0 Å². The van der Waals surface area contributed by atoms with Crippen molar-refractivity contribution in [1.82, 2.24) is 0 Å². The van der Waals surface area contributed by atoms with E-state index in [-0.39, 0.29) is 6.29 Å². The molecular formula is C23H47BrO2. The smallest absolute Gasteiger partial charge is 0.157 e. The van der Waals surface area contributed by atoms with Gasteiger partial charge in [0.05, 0.1) is 0 Å². The van der Waals surface area contributed by atoms with Crippen molar-refractivity contribution in [3.63, 3.8) is 0 Å². The Bertz CT molecular complexity index is 230. The molecule has 0 saturated carbocycles. The zero-order valence-corrected chi connectivity index (χ0v) is 19.5. The highest BCUT2D eigenvalue weighted by Gasteiger charge is 2.09. The van der Waals surface area contributed by atoms with Gasteiger partial charge < -0.3 is 9.47 Å². The fourth-order valence-corrected chi connectivity index (χ4v) is 3.56. The van der Waals surface area contributed by atoms with E-state index in [1.54, 1.807) is 0 Å². The first-order valence-electron chi connectivity index (χ1n) is 11.6. The summed E-state index contributed by atoms with van der Waals surface area (Å²) in [5, 5.41) is 1.12. The van der Waals surface area contributed by atoms with Crippen LogP contribution < -0.4 is 0 Å². The van der Waals surface area contributed by atoms with Gasteiger partial charge >= 0.3 is 0 Å². The predicted molar refractivity (Wildman–Crippen MR) is 119 cm³/mol. The molecule has 2 nitrogen and oxygen atoms in total. The summed E-state index contributed by atoms with van der Waals surface area (Å²) < 4.78 is 12.1. The quantitative estimate of drug-likeness (QED) is 0.0965. The van der Waals surface area contributed by atoms with E-state index in [1.165, 1.54) is 103 Å². The number of hydrogen-bond donors (Lipinski definition) is 0. The molecule has 0 aliphatic rings. The summed E-state index contributed by atoms with van der Waals surface area (Å²) in [6.07, 6.45) is 22.0. The Hall–Kier alpha value is 0.400. The first-order valence-corrected chi connectivity index (χ1v) is 12.8. The third-order valence-corrected chi connectivity index (χ3v) is 5.49. The van der Waals surface area contributed by atoms with Gasteiger partial charge in [0.2, 0.25) is 0 Å². The molecule has 0 saturated heterocycles. The fourth-order valence-electron chi connectivity index (χ4n) is 3.17. The molecule has 0 heterocycles. The zero-order valence-electron chi connectivity index (χ0n) is 17.9. The molecule has 0 N–H and O–H groups in total. The van der Waals surface area contributed by atoms with Crippen LogP contribution in [-0.2, 0) is 9.47 Å². The molecule has 3 heteroatoms. The van der Waals surface area contributed by atoms with Gasteiger partial charge in [-0.15, -0.1) is 0 Å². The van der Waals surface area contributed by atoms with Crippen molar-refractivity contribution < 1.29 is 9.47 Å². The van der Waals surface area contributed by atoms with E-state index in [0.717, 1.165) is 25.0 Å². The van der Waals surface area contributed by atoms with Crippen molar-refractivity contribution in [2.45, 2.75) is 129 Å². The molecule has 0 rings (SSSR count). The van der Waals surface area contributed by atoms with Gasteiger partial charge in [-0.25, -0.2) is 0 Å². The molecule has 0 amide bonds. The summed E-state index contributed by atoms with van der Waals surface area (Å²) >= 11 is 3.51. The maximum Gasteiger partial charge on any atom is 0.157 e. The number of rotatable bonds is 22. The molecule has 0 unspecified atom stereocenters. The van der Waals surface area contributed by atoms with Gasteiger partial charge in [-0.1, -0.05) is 107 Å². The molecule has 0 fully saturated rings. The summed E-state index contributed by atoms with van der Waals surface area (Å²) in [6, 6.07) is 0. The van der Waals surface area contributed by atoms with E-state index in [4.69, 9.17) is 9.47 Å². The van der Waals surface area contributed by atoms with E-state index in [2.05, 4.69) is 29.8 Å². The highest BCUT2D eigenvalue weighted by atomic mass is 79.9. The van der Waals surface area contributed by atoms with Crippen LogP contribution in [0.25, 0.3) is 0 Å². The molecule has 0 atom stereocenters. The van der Waals surface area contributed by atoms with Crippen molar-refractivity contribution >= 4 is 15.9 Å². The largest absolute Gasteiger partial charge is 0.353 e. The molecule has 0 spiro atoms. The number of ether oxygens (including phenoxy) is 2. The second-order valence-electron chi connectivity index (χ2n) is 7.60. The van der Waals surface area contributed by atoms with E-state index >= 15 is 0 Å². The van der Waals surface area contributed by atoms with Gasteiger partial charge in [0.15, 0.2) is 6.29 Å². The van der Waals surface area contributed by atoms with E-state index in [9.17, 15) is 0 Å². The first-order chi connectivity index (χ1) is 12.8. The first kappa shape index (κ1) is 26.4. The third-order valence-electron chi connectivity index (χ3n) is 4.93. The molecule has 0 radical (unpaired) electrons. The molecule has 0 aromatic heterocycles. The SMILES string of the molecule is CCCCCCCCOC(CCCCCCBr)OCCCCCCCC. The van der Waals surface area contributed by atoms with Crippen LogP contribution >= 0.6 is 15.9 Å². The topological polar surface area (TPSA) is 18.5 Å². The minimum Gasteiger partial charge on any atom is -0.353 e. The Morgan fingerprint density at radius 1 is 0.538 bits per heavy atom. The lowest BCUT2D eigenvalue weighted by Gasteiger charge is -2.19. The Morgan fingerprint density at radius 2 is 0.962 bits per heavy atom.